The van der Waals surface area contributed by atoms with E-state index in [0.717, 1.165) is 56.4 Å². The zero-order chi connectivity index (χ0) is 19.9. The molecule has 0 aliphatic heterocycles. The minimum absolute atomic E-state index is 0. The molecule has 0 spiro atoms. The zero-order valence-electron chi connectivity index (χ0n) is 18.2. The standard InChI is InChI=1S/C21H38N4O2.HI/c1-6-22-21(23-12-9-13-25(7-2)8-3)24-17-19-11-10-18(4)16-20(19)27-15-14-26-5;/h10-11,16H,6-9,12-15,17H2,1-5H3,(H2,22,23,24);1H. The average molecular weight is 506 g/mol. The molecule has 0 aliphatic rings. The number of methoxy groups -OCH3 is 1. The number of halogens is 1. The van der Waals surface area contributed by atoms with E-state index < -0.39 is 0 Å². The summed E-state index contributed by atoms with van der Waals surface area (Å²) in [5.74, 6) is 1.73. The van der Waals surface area contributed by atoms with E-state index in [1.54, 1.807) is 7.11 Å². The predicted octanol–water partition coefficient (Wildman–Crippen LogP) is 3.43. The van der Waals surface area contributed by atoms with Crippen molar-refractivity contribution in [2.45, 2.75) is 40.7 Å². The number of rotatable bonds is 13. The Morgan fingerprint density at radius 2 is 1.86 bits per heavy atom. The van der Waals surface area contributed by atoms with Crippen molar-refractivity contribution in [2.24, 2.45) is 4.99 Å². The van der Waals surface area contributed by atoms with Gasteiger partial charge in [-0.15, -0.1) is 24.0 Å². The van der Waals surface area contributed by atoms with Gasteiger partial charge in [-0.25, -0.2) is 4.99 Å². The molecule has 28 heavy (non-hydrogen) atoms. The average Bonchev–Trinajstić information content (AvgIpc) is 2.67. The summed E-state index contributed by atoms with van der Waals surface area (Å²) in [5.41, 5.74) is 2.26. The van der Waals surface area contributed by atoms with Crippen LogP contribution in [0, 0.1) is 6.92 Å². The Morgan fingerprint density at radius 3 is 2.50 bits per heavy atom. The lowest BCUT2D eigenvalue weighted by atomic mass is 10.1. The molecule has 0 amide bonds. The van der Waals surface area contributed by atoms with Crippen molar-refractivity contribution in [3.05, 3.63) is 29.3 Å². The highest BCUT2D eigenvalue weighted by atomic mass is 127. The second-order valence-corrected chi connectivity index (χ2v) is 6.45. The van der Waals surface area contributed by atoms with Crippen LogP contribution in [-0.2, 0) is 11.3 Å². The Balaban J connectivity index is 0.00000729. The predicted molar refractivity (Wildman–Crippen MR) is 129 cm³/mol. The van der Waals surface area contributed by atoms with Crippen LogP contribution < -0.4 is 15.4 Å². The SMILES string of the molecule is CCNC(=NCc1ccc(C)cc1OCCOC)NCCCN(CC)CC.I. The second kappa shape index (κ2) is 16.9. The normalized spacial score (nSPS) is 11.3. The van der Waals surface area contributed by atoms with E-state index in [0.29, 0.717) is 19.8 Å². The van der Waals surface area contributed by atoms with E-state index in [-0.39, 0.29) is 24.0 Å². The minimum atomic E-state index is 0. The first kappa shape index (κ1) is 26.9. The molecule has 0 radical (unpaired) electrons. The second-order valence-electron chi connectivity index (χ2n) is 6.45. The van der Waals surface area contributed by atoms with Crippen LogP contribution >= 0.6 is 24.0 Å². The summed E-state index contributed by atoms with van der Waals surface area (Å²) >= 11 is 0. The Bertz CT molecular complexity index is 551. The van der Waals surface area contributed by atoms with Gasteiger partial charge in [0.1, 0.15) is 12.4 Å². The van der Waals surface area contributed by atoms with Gasteiger partial charge >= 0.3 is 0 Å². The number of ether oxygens (including phenoxy) is 2. The van der Waals surface area contributed by atoms with Crippen molar-refractivity contribution in [3.8, 4) is 5.75 Å². The zero-order valence-corrected chi connectivity index (χ0v) is 20.5. The number of hydrogen-bond acceptors (Lipinski definition) is 4. The van der Waals surface area contributed by atoms with Gasteiger partial charge in [-0.05, 0) is 51.5 Å². The van der Waals surface area contributed by atoms with Crippen LogP contribution in [0.3, 0.4) is 0 Å². The van der Waals surface area contributed by atoms with Gasteiger partial charge in [-0.1, -0.05) is 26.0 Å². The highest BCUT2D eigenvalue weighted by molar-refractivity contribution is 14.0. The van der Waals surface area contributed by atoms with Crippen molar-refractivity contribution in [2.75, 3.05) is 53.0 Å². The van der Waals surface area contributed by atoms with Crippen LogP contribution in [0.1, 0.15) is 38.3 Å². The van der Waals surface area contributed by atoms with Gasteiger partial charge in [0.15, 0.2) is 5.96 Å². The molecule has 0 bridgehead atoms. The highest BCUT2D eigenvalue weighted by Crippen LogP contribution is 2.21. The Hall–Kier alpha value is -1.06. The molecule has 1 aromatic rings. The van der Waals surface area contributed by atoms with E-state index >= 15 is 0 Å². The van der Waals surface area contributed by atoms with Gasteiger partial charge < -0.3 is 25.0 Å². The lowest BCUT2D eigenvalue weighted by molar-refractivity contribution is 0.145. The van der Waals surface area contributed by atoms with Crippen LogP contribution in [0.4, 0.5) is 0 Å². The number of aryl methyl sites for hydroxylation is 1. The maximum Gasteiger partial charge on any atom is 0.191 e. The van der Waals surface area contributed by atoms with Gasteiger partial charge in [0.2, 0.25) is 0 Å². The maximum atomic E-state index is 5.86. The van der Waals surface area contributed by atoms with Gasteiger partial charge in [0, 0.05) is 25.8 Å². The smallest absolute Gasteiger partial charge is 0.191 e. The molecule has 0 aromatic heterocycles. The summed E-state index contributed by atoms with van der Waals surface area (Å²) in [5, 5.41) is 6.75. The fourth-order valence-corrected chi connectivity index (χ4v) is 2.72. The Kier molecular flexibility index (Phi) is 16.2. The van der Waals surface area contributed by atoms with Crippen molar-refractivity contribution < 1.29 is 9.47 Å². The summed E-state index contributed by atoms with van der Waals surface area (Å²) in [4.78, 5) is 7.16. The van der Waals surface area contributed by atoms with Crippen LogP contribution in [0.2, 0.25) is 0 Å². The Labute approximate surface area is 188 Å². The third-order valence-electron chi connectivity index (χ3n) is 4.36. The molecule has 0 fully saturated rings. The molecule has 0 aliphatic carbocycles. The first-order valence-corrected chi connectivity index (χ1v) is 10.1. The summed E-state index contributed by atoms with van der Waals surface area (Å²) in [6, 6.07) is 6.24. The highest BCUT2D eigenvalue weighted by Gasteiger charge is 2.05. The monoisotopic (exact) mass is 506 g/mol. The molecular weight excluding hydrogens is 467 g/mol. The molecule has 2 N–H and O–H groups in total. The third-order valence-corrected chi connectivity index (χ3v) is 4.36. The molecule has 0 saturated carbocycles. The molecule has 1 rings (SSSR count). The molecule has 0 saturated heterocycles. The summed E-state index contributed by atoms with van der Waals surface area (Å²) in [6.45, 7) is 15.3. The van der Waals surface area contributed by atoms with Crippen molar-refractivity contribution >= 4 is 29.9 Å². The molecule has 7 heteroatoms. The van der Waals surface area contributed by atoms with Crippen molar-refractivity contribution in [3.63, 3.8) is 0 Å². The van der Waals surface area contributed by atoms with E-state index in [2.05, 4.69) is 61.4 Å². The van der Waals surface area contributed by atoms with E-state index in [4.69, 9.17) is 14.5 Å². The quantitative estimate of drug-likeness (QED) is 0.186. The van der Waals surface area contributed by atoms with Gasteiger partial charge in [-0.2, -0.15) is 0 Å². The lowest BCUT2D eigenvalue weighted by Crippen LogP contribution is -2.38. The van der Waals surface area contributed by atoms with Crippen LogP contribution in [0.25, 0.3) is 0 Å². The van der Waals surface area contributed by atoms with Crippen molar-refractivity contribution in [1.29, 1.82) is 0 Å². The summed E-state index contributed by atoms with van der Waals surface area (Å²) in [6.07, 6.45) is 1.10. The lowest BCUT2D eigenvalue weighted by Gasteiger charge is -2.18. The number of hydrogen-bond donors (Lipinski definition) is 2. The van der Waals surface area contributed by atoms with Gasteiger partial charge in [0.05, 0.1) is 13.2 Å². The molecular formula is C21H39IN4O2. The van der Waals surface area contributed by atoms with Gasteiger partial charge in [0.25, 0.3) is 0 Å². The fourth-order valence-electron chi connectivity index (χ4n) is 2.72. The van der Waals surface area contributed by atoms with Crippen LogP contribution in [0.5, 0.6) is 5.75 Å². The molecule has 6 nitrogen and oxygen atoms in total. The molecule has 0 heterocycles. The Morgan fingerprint density at radius 1 is 1.11 bits per heavy atom. The molecule has 162 valence electrons. The molecule has 0 unspecified atom stereocenters. The fraction of sp³-hybridized carbons (Fsp3) is 0.667. The van der Waals surface area contributed by atoms with Crippen LogP contribution in [-0.4, -0.2) is 63.9 Å². The largest absolute Gasteiger partial charge is 0.491 e. The summed E-state index contributed by atoms with van der Waals surface area (Å²) in [7, 11) is 1.68. The maximum absolute atomic E-state index is 5.86. The van der Waals surface area contributed by atoms with E-state index in [9.17, 15) is 0 Å². The third kappa shape index (κ3) is 11.1. The molecule has 1 aromatic carbocycles. The number of guanidine groups is 1. The van der Waals surface area contributed by atoms with Crippen molar-refractivity contribution in [1.82, 2.24) is 15.5 Å². The number of aliphatic imine (C=N–C) groups is 1. The number of benzene rings is 1. The summed E-state index contributed by atoms with van der Waals surface area (Å²) < 4.78 is 10.9. The molecule has 0 atom stereocenters. The van der Waals surface area contributed by atoms with E-state index in [1.807, 2.05) is 0 Å². The van der Waals surface area contributed by atoms with Crippen LogP contribution in [0.15, 0.2) is 23.2 Å². The number of nitrogens with one attached hydrogen (secondary N) is 2. The van der Waals surface area contributed by atoms with Gasteiger partial charge in [-0.3, -0.25) is 0 Å². The first-order chi connectivity index (χ1) is 13.1. The topological polar surface area (TPSA) is 58.1 Å². The first-order valence-electron chi connectivity index (χ1n) is 10.1. The van der Waals surface area contributed by atoms with E-state index in [1.165, 1.54) is 5.56 Å². The number of nitrogens with zero attached hydrogens (tertiary/aromatic N) is 2. The minimum Gasteiger partial charge on any atom is -0.491 e.